The molecule has 0 spiro atoms. The summed E-state index contributed by atoms with van der Waals surface area (Å²) in [5, 5.41) is 15.1. The summed E-state index contributed by atoms with van der Waals surface area (Å²) in [5.74, 6) is 1.72. The fourth-order valence-electron chi connectivity index (χ4n) is 3.42. The number of aliphatic hydroxyl groups is 1. The number of nitrogens with zero attached hydrogens (tertiary/aromatic N) is 4. The van der Waals surface area contributed by atoms with Gasteiger partial charge in [0, 0.05) is 26.7 Å². The zero-order valence-electron chi connectivity index (χ0n) is 16.8. The molecule has 2 aliphatic rings. The Morgan fingerprint density at radius 3 is 2.22 bits per heavy atom. The van der Waals surface area contributed by atoms with E-state index in [9.17, 15) is 9.18 Å². The van der Waals surface area contributed by atoms with E-state index in [0.29, 0.717) is 12.1 Å². The van der Waals surface area contributed by atoms with Crippen LogP contribution in [0.4, 0.5) is 10.2 Å². The van der Waals surface area contributed by atoms with Crippen LogP contribution < -0.4 is 4.90 Å². The molecule has 1 aromatic rings. The summed E-state index contributed by atoms with van der Waals surface area (Å²) in [7, 11) is 1.00. The van der Waals surface area contributed by atoms with Crippen molar-refractivity contribution in [3.8, 4) is 0 Å². The molecule has 1 N–H and O–H groups in total. The van der Waals surface area contributed by atoms with Gasteiger partial charge >= 0.3 is 0 Å². The van der Waals surface area contributed by atoms with Gasteiger partial charge in [0.05, 0.1) is 6.67 Å². The molecule has 0 radical (unpaired) electrons. The maximum absolute atomic E-state index is 10.7. The summed E-state index contributed by atoms with van der Waals surface area (Å²) in [6.07, 6.45) is 8.00. The fraction of sp³-hybridized carbons (Fsp3) is 0.750. The average Bonchev–Trinajstić information content (AvgIpc) is 2.77. The number of halogens is 1. The van der Waals surface area contributed by atoms with Crippen molar-refractivity contribution < 1.29 is 14.3 Å². The van der Waals surface area contributed by atoms with Crippen molar-refractivity contribution in [3.05, 3.63) is 17.8 Å². The Labute approximate surface area is 162 Å². The zero-order valence-corrected chi connectivity index (χ0v) is 16.8. The van der Waals surface area contributed by atoms with Crippen LogP contribution in [0.15, 0.2) is 12.1 Å². The second-order valence-electron chi connectivity index (χ2n) is 6.91. The third-order valence-electron chi connectivity index (χ3n) is 4.88. The third kappa shape index (κ3) is 8.75. The highest BCUT2D eigenvalue weighted by atomic mass is 19.1. The van der Waals surface area contributed by atoms with Gasteiger partial charge in [-0.1, -0.05) is 13.3 Å². The number of likely N-dealkylation sites (tertiary alicyclic amines) is 1. The molecule has 1 aromatic heterocycles. The van der Waals surface area contributed by atoms with Crippen molar-refractivity contribution in [1.29, 1.82) is 0 Å². The second kappa shape index (κ2) is 14.5. The molecule has 0 amide bonds. The molecule has 0 saturated carbocycles. The first kappa shape index (κ1) is 23.4. The normalized spacial score (nSPS) is 18.0. The molecule has 0 aromatic carbocycles. The van der Waals surface area contributed by atoms with Gasteiger partial charge in [-0.25, -0.2) is 0 Å². The van der Waals surface area contributed by atoms with Gasteiger partial charge in [-0.2, -0.15) is 0 Å². The number of rotatable bonds is 5. The smallest absolute Gasteiger partial charge is 0.170 e. The van der Waals surface area contributed by atoms with Crippen LogP contribution in [-0.2, 0) is 0 Å². The minimum atomic E-state index is -0.181. The SMILES string of the molecule is CCCF.CO.O=Cc1ccc(N2CCC(CN3CCCCC3)CC2)nn1. The monoisotopic (exact) mass is 382 g/mol. The van der Waals surface area contributed by atoms with Crippen LogP contribution in [0.3, 0.4) is 0 Å². The Morgan fingerprint density at radius 1 is 1.11 bits per heavy atom. The first-order valence-electron chi connectivity index (χ1n) is 10.0. The molecule has 2 saturated heterocycles. The van der Waals surface area contributed by atoms with E-state index in [4.69, 9.17) is 5.11 Å². The van der Waals surface area contributed by atoms with Crippen LogP contribution in [-0.4, -0.2) is 73.0 Å². The number of piperidine rings is 2. The Morgan fingerprint density at radius 2 is 1.74 bits per heavy atom. The van der Waals surface area contributed by atoms with Gasteiger partial charge in [-0.15, -0.1) is 10.2 Å². The predicted molar refractivity (Wildman–Crippen MR) is 107 cm³/mol. The lowest BCUT2D eigenvalue weighted by atomic mass is 9.95. The summed E-state index contributed by atoms with van der Waals surface area (Å²) >= 11 is 0. The van der Waals surface area contributed by atoms with Gasteiger partial charge in [0.15, 0.2) is 12.1 Å². The first-order chi connectivity index (χ1) is 13.3. The Kier molecular flexibility index (Phi) is 12.6. The van der Waals surface area contributed by atoms with Crippen molar-refractivity contribution in [2.75, 3.05) is 51.4 Å². The van der Waals surface area contributed by atoms with Crippen LogP contribution in [0.1, 0.15) is 55.9 Å². The van der Waals surface area contributed by atoms with E-state index in [1.807, 2.05) is 6.07 Å². The van der Waals surface area contributed by atoms with Crippen molar-refractivity contribution in [1.82, 2.24) is 15.1 Å². The van der Waals surface area contributed by atoms with Crippen LogP contribution in [0.5, 0.6) is 0 Å². The molecule has 0 aliphatic carbocycles. The van der Waals surface area contributed by atoms with Gasteiger partial charge < -0.3 is 14.9 Å². The molecule has 27 heavy (non-hydrogen) atoms. The number of aliphatic hydroxyl groups excluding tert-OH is 1. The van der Waals surface area contributed by atoms with E-state index in [2.05, 4.69) is 20.0 Å². The molecule has 0 unspecified atom stereocenters. The van der Waals surface area contributed by atoms with E-state index in [1.165, 1.54) is 51.7 Å². The lowest BCUT2D eigenvalue weighted by Gasteiger charge is -2.36. The van der Waals surface area contributed by atoms with Gasteiger partial charge in [0.2, 0.25) is 0 Å². The number of hydrogen-bond acceptors (Lipinski definition) is 6. The van der Waals surface area contributed by atoms with Gasteiger partial charge in [-0.05, 0) is 63.2 Å². The highest BCUT2D eigenvalue weighted by molar-refractivity contribution is 5.71. The number of carbonyl (C=O) groups excluding carboxylic acids is 1. The molecule has 3 heterocycles. The van der Waals surface area contributed by atoms with E-state index in [1.54, 1.807) is 13.0 Å². The molecular formula is C20H35FN4O2. The topological polar surface area (TPSA) is 69.6 Å². The first-order valence-corrected chi connectivity index (χ1v) is 10.0. The average molecular weight is 383 g/mol. The maximum Gasteiger partial charge on any atom is 0.170 e. The molecule has 6 nitrogen and oxygen atoms in total. The number of carbonyl (C=O) groups is 1. The standard InChI is InChI=1S/C16H24N4O.C3H7F.CH4O/c21-13-15-4-5-16(18-17-15)20-10-6-14(7-11-20)12-19-8-2-1-3-9-19;1-2-3-4;1-2/h4-5,13-14H,1-3,6-12H2;2-3H2,1H3;2H,1H3. The van der Waals surface area contributed by atoms with E-state index < -0.39 is 0 Å². The Balaban J connectivity index is 0.000000541. The molecule has 2 fully saturated rings. The van der Waals surface area contributed by atoms with E-state index in [-0.39, 0.29) is 6.67 Å². The highest BCUT2D eigenvalue weighted by Gasteiger charge is 2.23. The summed E-state index contributed by atoms with van der Waals surface area (Å²) < 4.78 is 10.7. The molecule has 0 bridgehead atoms. The molecule has 3 rings (SSSR count). The van der Waals surface area contributed by atoms with Crippen LogP contribution in [0.2, 0.25) is 0 Å². The van der Waals surface area contributed by atoms with Gasteiger partial charge in [-0.3, -0.25) is 9.18 Å². The largest absolute Gasteiger partial charge is 0.400 e. The van der Waals surface area contributed by atoms with Crippen molar-refractivity contribution in [2.45, 2.75) is 45.4 Å². The zero-order chi connectivity index (χ0) is 19.9. The number of aromatic nitrogens is 2. The number of anilines is 1. The lowest BCUT2D eigenvalue weighted by molar-refractivity contribution is 0.111. The number of hydrogen-bond donors (Lipinski definition) is 1. The van der Waals surface area contributed by atoms with Crippen LogP contribution in [0.25, 0.3) is 0 Å². The van der Waals surface area contributed by atoms with Gasteiger partial charge in [0.1, 0.15) is 5.69 Å². The number of aldehydes is 1. The van der Waals surface area contributed by atoms with E-state index >= 15 is 0 Å². The molecule has 2 aliphatic heterocycles. The number of alkyl halides is 1. The van der Waals surface area contributed by atoms with Crippen molar-refractivity contribution >= 4 is 12.1 Å². The Hall–Kier alpha value is -1.60. The molecule has 0 atom stereocenters. The lowest BCUT2D eigenvalue weighted by Crippen LogP contribution is -2.40. The summed E-state index contributed by atoms with van der Waals surface area (Å²) in [4.78, 5) is 15.5. The summed E-state index contributed by atoms with van der Waals surface area (Å²) in [6, 6.07) is 3.65. The van der Waals surface area contributed by atoms with Crippen molar-refractivity contribution in [2.24, 2.45) is 5.92 Å². The maximum atomic E-state index is 10.7. The molecule has 154 valence electrons. The minimum absolute atomic E-state index is 0.181. The predicted octanol–water partition coefficient (Wildman–Crippen LogP) is 2.97. The summed E-state index contributed by atoms with van der Waals surface area (Å²) in [6.45, 7) is 7.57. The second-order valence-corrected chi connectivity index (χ2v) is 6.91. The molecular weight excluding hydrogens is 347 g/mol. The highest BCUT2D eigenvalue weighted by Crippen LogP contribution is 2.23. The van der Waals surface area contributed by atoms with E-state index in [0.717, 1.165) is 38.2 Å². The van der Waals surface area contributed by atoms with Crippen LogP contribution >= 0.6 is 0 Å². The van der Waals surface area contributed by atoms with Gasteiger partial charge in [0.25, 0.3) is 0 Å². The van der Waals surface area contributed by atoms with Crippen LogP contribution in [0, 0.1) is 5.92 Å². The van der Waals surface area contributed by atoms with Crippen molar-refractivity contribution in [3.63, 3.8) is 0 Å². The quantitative estimate of drug-likeness (QED) is 0.790. The Bertz CT molecular complexity index is 485. The molecule has 7 heteroatoms. The minimum Gasteiger partial charge on any atom is -0.400 e. The summed E-state index contributed by atoms with van der Waals surface area (Å²) in [5.41, 5.74) is 0.402. The third-order valence-corrected chi connectivity index (χ3v) is 4.88. The fourth-order valence-corrected chi connectivity index (χ4v) is 3.42.